The van der Waals surface area contributed by atoms with E-state index >= 15 is 0 Å². The van der Waals surface area contributed by atoms with E-state index in [-0.39, 0.29) is 35.2 Å². The van der Waals surface area contributed by atoms with Crippen molar-refractivity contribution >= 4 is 11.8 Å². The molecule has 0 aromatic rings. The molecule has 4 aliphatic rings. The Morgan fingerprint density at radius 2 is 1.92 bits per heavy atom. The Bertz CT molecular complexity index is 1020. The standard InChI is InChI=1S/C30H42O6/c1-6-7-8-9-10-11-12-13-23(31)36-17-20-15-21-24-22(28(24,4)5)14-19(3)29(27(21)34)16-18(2)25(32)30(29,35)26(20)33/h10-13,15-16,19,21-22,24-26,32-33,35H,6-9,14,17H2,1-5H3/b11-10-,13-12+/t19-,21-,22-,24+,25+,26-,29+,30-/m1/s1. The van der Waals surface area contributed by atoms with Gasteiger partial charge >= 0.3 is 5.97 Å². The number of ether oxygens (including phenoxy) is 1. The highest BCUT2D eigenvalue weighted by molar-refractivity contribution is 5.95. The van der Waals surface area contributed by atoms with Crippen LogP contribution in [-0.4, -0.2) is 51.5 Å². The molecule has 2 saturated carbocycles. The van der Waals surface area contributed by atoms with E-state index in [1.807, 2.05) is 19.1 Å². The number of carbonyl (C=O) groups is 2. The van der Waals surface area contributed by atoms with Crippen LogP contribution < -0.4 is 0 Å². The van der Waals surface area contributed by atoms with Crippen LogP contribution in [0.15, 0.2) is 47.6 Å². The lowest BCUT2D eigenvalue weighted by molar-refractivity contribution is -0.190. The first-order valence-corrected chi connectivity index (χ1v) is 13.5. The molecule has 0 unspecified atom stereocenters. The number of hydrogen-bond acceptors (Lipinski definition) is 6. The van der Waals surface area contributed by atoms with Gasteiger partial charge in [-0.05, 0) is 60.5 Å². The van der Waals surface area contributed by atoms with Gasteiger partial charge in [0.25, 0.3) is 0 Å². The molecule has 0 heterocycles. The molecular weight excluding hydrogens is 456 g/mol. The van der Waals surface area contributed by atoms with E-state index in [0.29, 0.717) is 11.5 Å². The van der Waals surface area contributed by atoms with Crippen LogP contribution in [0.25, 0.3) is 0 Å². The van der Waals surface area contributed by atoms with Crippen molar-refractivity contribution in [1.29, 1.82) is 0 Å². The van der Waals surface area contributed by atoms with Gasteiger partial charge in [0.2, 0.25) is 0 Å². The zero-order chi connectivity index (χ0) is 26.5. The highest BCUT2D eigenvalue weighted by Crippen LogP contribution is 2.71. The fraction of sp³-hybridized carbons (Fsp3) is 0.667. The van der Waals surface area contributed by atoms with Gasteiger partial charge in [-0.15, -0.1) is 0 Å². The van der Waals surface area contributed by atoms with Crippen molar-refractivity contribution in [1.82, 2.24) is 0 Å². The molecule has 4 rings (SSSR count). The summed E-state index contributed by atoms with van der Waals surface area (Å²) in [5.74, 6) is -1.13. The topological polar surface area (TPSA) is 104 Å². The molecule has 1 spiro atoms. The summed E-state index contributed by atoms with van der Waals surface area (Å²) in [7, 11) is 0. The number of rotatable bonds is 8. The van der Waals surface area contributed by atoms with Gasteiger partial charge in [-0.3, -0.25) is 4.79 Å². The van der Waals surface area contributed by atoms with Crippen molar-refractivity contribution in [2.45, 2.75) is 84.5 Å². The Labute approximate surface area is 214 Å². The molecule has 0 aromatic carbocycles. The summed E-state index contributed by atoms with van der Waals surface area (Å²) >= 11 is 0. The number of allylic oxidation sites excluding steroid dienone is 4. The number of fused-ring (bicyclic) bond motifs is 3. The van der Waals surface area contributed by atoms with Gasteiger partial charge in [0, 0.05) is 12.0 Å². The summed E-state index contributed by atoms with van der Waals surface area (Å²) in [5.41, 5.74) is -2.79. The maximum Gasteiger partial charge on any atom is 0.331 e. The lowest BCUT2D eigenvalue weighted by Crippen LogP contribution is -2.65. The van der Waals surface area contributed by atoms with Gasteiger partial charge in [0.15, 0.2) is 5.78 Å². The van der Waals surface area contributed by atoms with E-state index in [1.54, 1.807) is 25.2 Å². The Hall–Kier alpha value is -2.02. The number of unbranched alkanes of at least 4 members (excludes halogenated alkanes) is 3. The Morgan fingerprint density at radius 3 is 2.61 bits per heavy atom. The van der Waals surface area contributed by atoms with Crippen LogP contribution in [-0.2, 0) is 14.3 Å². The fourth-order valence-electron chi connectivity index (χ4n) is 7.44. The molecule has 6 heteroatoms. The van der Waals surface area contributed by atoms with Gasteiger partial charge in [0.05, 0.1) is 5.41 Å². The molecule has 0 radical (unpaired) electrons. The highest BCUT2D eigenvalue weighted by Gasteiger charge is 2.75. The monoisotopic (exact) mass is 498 g/mol. The first-order valence-electron chi connectivity index (χ1n) is 13.5. The normalized spacial score (nSPS) is 40.8. The van der Waals surface area contributed by atoms with Crippen molar-refractivity contribution in [2.75, 3.05) is 6.61 Å². The van der Waals surface area contributed by atoms with E-state index in [2.05, 4.69) is 20.8 Å². The van der Waals surface area contributed by atoms with E-state index in [1.165, 1.54) is 12.5 Å². The van der Waals surface area contributed by atoms with Gasteiger partial charge in [-0.1, -0.05) is 70.9 Å². The summed E-state index contributed by atoms with van der Waals surface area (Å²) in [6.45, 7) is 9.84. The van der Waals surface area contributed by atoms with Gasteiger partial charge in [-0.2, -0.15) is 0 Å². The molecule has 198 valence electrons. The van der Waals surface area contributed by atoms with Crippen molar-refractivity contribution < 1.29 is 29.6 Å². The van der Waals surface area contributed by atoms with Crippen LogP contribution in [0.1, 0.15) is 66.7 Å². The molecule has 0 aromatic heterocycles. The maximum atomic E-state index is 14.2. The number of aliphatic hydroxyl groups is 3. The zero-order valence-corrected chi connectivity index (χ0v) is 22.2. The Balaban J connectivity index is 1.59. The summed E-state index contributed by atoms with van der Waals surface area (Å²) in [6, 6.07) is 0. The van der Waals surface area contributed by atoms with Crippen LogP contribution in [0.3, 0.4) is 0 Å². The van der Waals surface area contributed by atoms with Gasteiger partial charge < -0.3 is 20.1 Å². The lowest BCUT2D eigenvalue weighted by atomic mass is 9.59. The average Bonchev–Trinajstić information content (AvgIpc) is 3.33. The molecule has 0 amide bonds. The number of esters is 1. The number of Topliss-reactive ketones (excluding diaryl/α,β-unsaturated/α-hetero) is 1. The van der Waals surface area contributed by atoms with Crippen LogP contribution in [0.5, 0.6) is 0 Å². The molecule has 0 aliphatic heterocycles. The summed E-state index contributed by atoms with van der Waals surface area (Å²) in [6.07, 6.45) is 12.4. The van der Waals surface area contributed by atoms with Crippen LogP contribution in [0, 0.1) is 34.5 Å². The molecule has 0 saturated heterocycles. The lowest BCUT2D eigenvalue weighted by Gasteiger charge is -2.48. The smallest absolute Gasteiger partial charge is 0.331 e. The predicted molar refractivity (Wildman–Crippen MR) is 138 cm³/mol. The molecule has 4 aliphatic carbocycles. The predicted octanol–water partition coefficient (Wildman–Crippen LogP) is 4.06. The Kier molecular flexibility index (Phi) is 7.28. The summed E-state index contributed by atoms with van der Waals surface area (Å²) < 4.78 is 5.44. The molecule has 36 heavy (non-hydrogen) atoms. The third-order valence-electron chi connectivity index (χ3n) is 9.58. The van der Waals surface area contributed by atoms with Gasteiger partial charge in [0.1, 0.15) is 24.4 Å². The molecule has 2 bridgehead atoms. The van der Waals surface area contributed by atoms with E-state index < -0.39 is 35.1 Å². The zero-order valence-electron chi connectivity index (χ0n) is 22.2. The number of carbonyl (C=O) groups excluding carboxylic acids is 2. The molecule has 6 nitrogen and oxygen atoms in total. The number of ketones is 1. The molecule has 3 N–H and O–H groups in total. The average molecular weight is 499 g/mol. The largest absolute Gasteiger partial charge is 0.458 e. The minimum Gasteiger partial charge on any atom is -0.458 e. The van der Waals surface area contributed by atoms with Crippen molar-refractivity contribution in [2.24, 2.45) is 34.5 Å². The van der Waals surface area contributed by atoms with Crippen molar-refractivity contribution in [3.8, 4) is 0 Å². The van der Waals surface area contributed by atoms with Crippen LogP contribution in [0.4, 0.5) is 0 Å². The third kappa shape index (κ3) is 3.97. The third-order valence-corrected chi connectivity index (χ3v) is 9.58. The van der Waals surface area contributed by atoms with Crippen LogP contribution in [0.2, 0.25) is 0 Å². The minimum atomic E-state index is -2.11. The fourth-order valence-corrected chi connectivity index (χ4v) is 7.44. The highest BCUT2D eigenvalue weighted by atomic mass is 16.5. The van der Waals surface area contributed by atoms with E-state index in [0.717, 1.165) is 25.7 Å². The maximum absolute atomic E-state index is 14.2. The number of aliphatic hydroxyl groups excluding tert-OH is 2. The number of hydrogen-bond donors (Lipinski definition) is 3. The van der Waals surface area contributed by atoms with E-state index in [4.69, 9.17) is 4.74 Å². The van der Waals surface area contributed by atoms with Crippen LogP contribution >= 0.6 is 0 Å². The quantitative estimate of drug-likeness (QED) is 0.153. The first-order chi connectivity index (χ1) is 16.9. The second kappa shape index (κ2) is 9.70. The van der Waals surface area contributed by atoms with Crippen molar-refractivity contribution in [3.05, 3.63) is 47.6 Å². The van der Waals surface area contributed by atoms with E-state index in [9.17, 15) is 24.9 Å². The first kappa shape index (κ1) is 27.0. The molecule has 2 fully saturated rings. The van der Waals surface area contributed by atoms with Gasteiger partial charge in [-0.25, -0.2) is 4.79 Å². The second-order valence-electron chi connectivity index (χ2n) is 12.0. The summed E-state index contributed by atoms with van der Waals surface area (Å²) in [5, 5.41) is 34.6. The minimum absolute atomic E-state index is 0.0376. The Morgan fingerprint density at radius 1 is 1.19 bits per heavy atom. The second-order valence-corrected chi connectivity index (χ2v) is 12.0. The summed E-state index contributed by atoms with van der Waals surface area (Å²) in [4.78, 5) is 26.6. The SMILES string of the molecule is CCCCC/C=C\C=C\C(=O)OCC1=C[C@H]2C(=O)[C@]3(C=C(C)[C@H](O)[C@@]3(O)[C@@H]1O)[C@H](C)C[C@@H]1[C@H]2C1(C)C. The van der Waals surface area contributed by atoms with Crippen molar-refractivity contribution in [3.63, 3.8) is 0 Å². The molecule has 8 atom stereocenters. The molecular formula is C30H42O6.